The second-order valence-electron chi connectivity index (χ2n) is 9.28. The fourth-order valence-corrected chi connectivity index (χ4v) is 6.13. The van der Waals surface area contributed by atoms with E-state index in [0.717, 1.165) is 11.1 Å². The van der Waals surface area contributed by atoms with Crippen LogP contribution in [0.1, 0.15) is 23.1 Å². The Hall–Kier alpha value is -3.37. The zero-order valence-electron chi connectivity index (χ0n) is 20.1. The normalized spacial score (nSPS) is 18.4. The molecule has 1 fully saturated rings. The molecule has 0 saturated heterocycles. The van der Waals surface area contributed by atoms with Crippen molar-refractivity contribution in [2.45, 2.75) is 38.7 Å². The predicted molar refractivity (Wildman–Crippen MR) is 136 cm³/mol. The van der Waals surface area contributed by atoms with Crippen LogP contribution in [0.4, 0.5) is 21.5 Å². The lowest BCUT2D eigenvalue weighted by molar-refractivity contribution is 0.111. The maximum Gasteiger partial charge on any atom is 0.258 e. The maximum absolute atomic E-state index is 14.6. The Bertz CT molecular complexity index is 1460. The largest absolute Gasteiger partial charge is 0.475 e. The van der Waals surface area contributed by atoms with Gasteiger partial charge in [-0.3, -0.25) is 14.1 Å². The average Bonchev–Trinajstić information content (AvgIpc) is 3.47. The summed E-state index contributed by atoms with van der Waals surface area (Å²) in [6, 6.07) is 14.3. The number of nitrogens with one attached hydrogen (secondary N) is 2. The number of aromatic nitrogens is 1. The van der Waals surface area contributed by atoms with Crippen molar-refractivity contribution in [3.63, 3.8) is 0 Å². The lowest BCUT2D eigenvalue weighted by atomic mass is 10.1. The monoisotopic (exact) mass is 513 g/mol. The molecule has 1 saturated carbocycles. The van der Waals surface area contributed by atoms with E-state index in [1.54, 1.807) is 26.0 Å². The molecule has 2 aromatic carbocycles. The van der Waals surface area contributed by atoms with Gasteiger partial charge in [-0.2, -0.15) is 0 Å². The molecule has 10 heteroatoms. The number of halogens is 1. The van der Waals surface area contributed by atoms with Crippen LogP contribution in [0.15, 0.2) is 53.3 Å². The quantitative estimate of drug-likeness (QED) is 0.447. The molecule has 2 heterocycles. The average molecular weight is 514 g/mol. The summed E-state index contributed by atoms with van der Waals surface area (Å²) < 4.78 is 56.7. The van der Waals surface area contributed by atoms with Crippen LogP contribution in [0, 0.1) is 25.6 Å². The summed E-state index contributed by atoms with van der Waals surface area (Å²) in [5.41, 5.74) is 2.12. The van der Waals surface area contributed by atoms with Crippen LogP contribution in [-0.2, 0) is 27.9 Å². The fourth-order valence-electron chi connectivity index (χ4n) is 4.42. The molecule has 2 atom stereocenters. The number of benzene rings is 2. The van der Waals surface area contributed by atoms with E-state index in [4.69, 9.17) is 9.47 Å². The highest BCUT2D eigenvalue weighted by molar-refractivity contribution is 7.93. The number of nitrogens with zero attached hydrogens (tertiary/aromatic N) is 1. The lowest BCUT2D eigenvalue weighted by Gasteiger charge is -2.20. The van der Waals surface area contributed by atoms with Gasteiger partial charge in [-0.25, -0.2) is 12.8 Å². The van der Waals surface area contributed by atoms with Gasteiger partial charge in [-0.05, 0) is 43.5 Å². The number of hydrogen-bond donors (Lipinski definition) is 2. The molecule has 0 spiro atoms. The molecule has 2 aliphatic rings. The van der Waals surface area contributed by atoms with Gasteiger partial charge in [0.25, 0.3) is 5.56 Å². The Morgan fingerprint density at radius 2 is 1.92 bits per heavy atom. The minimum atomic E-state index is -3.83. The van der Waals surface area contributed by atoms with Crippen LogP contribution in [0.25, 0.3) is 0 Å². The van der Waals surface area contributed by atoms with E-state index in [9.17, 15) is 17.6 Å². The van der Waals surface area contributed by atoms with Gasteiger partial charge in [0.2, 0.25) is 15.9 Å². The molecule has 36 heavy (non-hydrogen) atoms. The fraction of sp³-hybridized carbons (Fsp3) is 0.346. The van der Waals surface area contributed by atoms with Gasteiger partial charge in [0.05, 0.1) is 36.4 Å². The molecule has 0 radical (unpaired) electrons. The van der Waals surface area contributed by atoms with Crippen molar-refractivity contribution >= 4 is 27.1 Å². The minimum Gasteiger partial charge on any atom is -0.475 e. The Labute approximate surface area is 209 Å². The van der Waals surface area contributed by atoms with E-state index >= 15 is 0 Å². The lowest BCUT2D eigenvalue weighted by Crippen LogP contribution is -2.26. The molecule has 1 aliphatic heterocycles. The first-order chi connectivity index (χ1) is 17.2. The number of anilines is 3. The first-order valence-electron chi connectivity index (χ1n) is 11.8. The van der Waals surface area contributed by atoms with Crippen LogP contribution in [0.2, 0.25) is 0 Å². The van der Waals surface area contributed by atoms with Crippen LogP contribution in [0.3, 0.4) is 0 Å². The maximum atomic E-state index is 14.6. The molecule has 1 aromatic heterocycles. The molecule has 0 amide bonds. The molecule has 1 aliphatic carbocycles. The smallest absolute Gasteiger partial charge is 0.258 e. The van der Waals surface area contributed by atoms with Crippen molar-refractivity contribution in [3.05, 3.63) is 81.4 Å². The summed E-state index contributed by atoms with van der Waals surface area (Å²) in [6.07, 6.45) is 0.467. The Morgan fingerprint density at radius 1 is 1.14 bits per heavy atom. The summed E-state index contributed by atoms with van der Waals surface area (Å²) >= 11 is 0. The van der Waals surface area contributed by atoms with Crippen LogP contribution >= 0.6 is 0 Å². The van der Waals surface area contributed by atoms with Gasteiger partial charge >= 0.3 is 0 Å². The van der Waals surface area contributed by atoms with E-state index in [1.165, 1.54) is 10.6 Å². The first-order valence-corrected chi connectivity index (χ1v) is 13.4. The molecule has 0 bridgehead atoms. The molecule has 3 aromatic rings. The summed E-state index contributed by atoms with van der Waals surface area (Å²) in [5.74, 6) is -0.525. The summed E-state index contributed by atoms with van der Waals surface area (Å²) in [4.78, 5) is 12.9. The number of aryl methyl sites for hydroxylation is 1. The zero-order chi connectivity index (χ0) is 25.4. The van der Waals surface area contributed by atoms with Crippen LogP contribution in [-0.4, -0.2) is 31.4 Å². The topological polar surface area (TPSA) is 98.7 Å². The van der Waals surface area contributed by atoms with Crippen molar-refractivity contribution in [1.29, 1.82) is 0 Å². The Kier molecular flexibility index (Phi) is 6.48. The van der Waals surface area contributed by atoms with E-state index in [2.05, 4.69) is 10.0 Å². The minimum absolute atomic E-state index is 0.112. The van der Waals surface area contributed by atoms with Crippen molar-refractivity contribution in [2.24, 2.45) is 5.92 Å². The van der Waals surface area contributed by atoms with Gasteiger partial charge in [0.1, 0.15) is 18.1 Å². The van der Waals surface area contributed by atoms with Gasteiger partial charge in [0, 0.05) is 11.5 Å². The summed E-state index contributed by atoms with van der Waals surface area (Å²) in [6.45, 7) is 4.63. The Morgan fingerprint density at radius 3 is 2.67 bits per heavy atom. The number of hydrogen-bond acceptors (Lipinski definition) is 6. The van der Waals surface area contributed by atoms with Crippen LogP contribution in [0.5, 0.6) is 5.88 Å². The number of pyridine rings is 1. The van der Waals surface area contributed by atoms with E-state index in [0.29, 0.717) is 26.2 Å². The first kappa shape index (κ1) is 24.3. The number of sulfonamides is 1. The molecular formula is C26H28FN3O5S. The van der Waals surface area contributed by atoms with Gasteiger partial charge in [0.15, 0.2) is 0 Å². The Balaban J connectivity index is 1.38. The summed E-state index contributed by atoms with van der Waals surface area (Å²) in [5, 5.41) is 2.30. The highest BCUT2D eigenvalue weighted by Crippen LogP contribution is 2.43. The van der Waals surface area contributed by atoms with Gasteiger partial charge in [-0.1, -0.05) is 36.4 Å². The third kappa shape index (κ3) is 4.83. The molecule has 2 unspecified atom stereocenters. The standard InChI is InChI=1S/C26H28FN3O5S/c1-16-8-9-21(20(27)12-16)28-23-17(2)25(31)30-10-11-35-26(30)24(23)29-36(32,33)22-13-19(22)15-34-14-18-6-4-3-5-7-18/h3-9,12,19,22,28-29H,10-11,13-15H2,1-2H3. The van der Waals surface area contributed by atoms with Crippen molar-refractivity contribution in [2.75, 3.05) is 23.3 Å². The van der Waals surface area contributed by atoms with Crippen molar-refractivity contribution in [1.82, 2.24) is 4.57 Å². The zero-order valence-corrected chi connectivity index (χ0v) is 20.9. The summed E-state index contributed by atoms with van der Waals surface area (Å²) in [7, 11) is -3.83. The molecule has 5 rings (SSSR count). The third-order valence-electron chi connectivity index (χ3n) is 6.53. The number of ether oxygens (including phenoxy) is 2. The highest BCUT2D eigenvalue weighted by atomic mass is 32.2. The highest BCUT2D eigenvalue weighted by Gasteiger charge is 2.48. The number of rotatable bonds is 9. The van der Waals surface area contributed by atoms with E-state index in [1.807, 2.05) is 30.3 Å². The molecule has 190 valence electrons. The molecular weight excluding hydrogens is 485 g/mol. The van der Waals surface area contributed by atoms with Crippen LogP contribution < -0.4 is 20.3 Å². The van der Waals surface area contributed by atoms with Gasteiger partial charge < -0.3 is 14.8 Å². The second-order valence-corrected chi connectivity index (χ2v) is 11.2. The van der Waals surface area contributed by atoms with Crippen molar-refractivity contribution in [3.8, 4) is 5.88 Å². The van der Waals surface area contributed by atoms with E-state index in [-0.39, 0.29) is 46.6 Å². The molecule has 2 N–H and O–H groups in total. The van der Waals surface area contributed by atoms with E-state index < -0.39 is 21.1 Å². The second kappa shape index (κ2) is 9.59. The van der Waals surface area contributed by atoms with Gasteiger partial charge in [-0.15, -0.1) is 0 Å². The predicted octanol–water partition coefficient (Wildman–Crippen LogP) is 4.09. The molecule has 8 nitrogen and oxygen atoms in total. The number of fused-ring (bicyclic) bond motifs is 1. The SMILES string of the molecule is Cc1ccc(Nc2c(NS(=O)(=O)C3CC3COCc3ccccc3)c3n(c(=O)c2C)CCO3)c(F)c1. The van der Waals surface area contributed by atoms with Crippen molar-refractivity contribution < 1.29 is 22.3 Å². The third-order valence-corrected chi connectivity index (χ3v) is 8.40.